The molecule has 34 heavy (non-hydrogen) atoms. The van der Waals surface area contributed by atoms with Crippen molar-refractivity contribution in [2.24, 2.45) is 0 Å². The minimum atomic E-state index is -3.72. The monoisotopic (exact) mass is 482 g/mol. The number of aryl methyl sites for hydroxylation is 2. The molecule has 0 aromatic heterocycles. The molecule has 4 rings (SSSR count). The van der Waals surface area contributed by atoms with E-state index in [1.54, 1.807) is 38.1 Å². The number of nitrogens with one attached hydrogen (secondary N) is 1. The van der Waals surface area contributed by atoms with Crippen LogP contribution in [0.1, 0.15) is 36.1 Å². The predicted octanol–water partition coefficient (Wildman–Crippen LogP) is 4.53. The number of carbonyl (C=O) groups is 1. The molecule has 1 aliphatic rings. The van der Waals surface area contributed by atoms with Gasteiger partial charge >= 0.3 is 0 Å². The first-order valence-corrected chi connectivity index (χ1v) is 12.6. The van der Waals surface area contributed by atoms with E-state index in [2.05, 4.69) is 5.32 Å². The predicted molar refractivity (Wildman–Crippen MR) is 129 cm³/mol. The number of halogens is 1. The fourth-order valence-electron chi connectivity index (χ4n) is 4.08. The first-order valence-electron chi connectivity index (χ1n) is 11.1. The van der Waals surface area contributed by atoms with E-state index < -0.39 is 10.0 Å². The van der Waals surface area contributed by atoms with Gasteiger partial charge in [-0.3, -0.25) is 9.10 Å². The fourth-order valence-corrected chi connectivity index (χ4v) is 5.71. The van der Waals surface area contributed by atoms with Crippen molar-refractivity contribution in [3.05, 3.63) is 89.2 Å². The Labute approximate surface area is 199 Å². The van der Waals surface area contributed by atoms with Crippen LogP contribution in [0.2, 0.25) is 0 Å². The Morgan fingerprint density at radius 2 is 1.85 bits per heavy atom. The zero-order valence-corrected chi connectivity index (χ0v) is 19.9. The van der Waals surface area contributed by atoms with Crippen LogP contribution in [0.25, 0.3) is 0 Å². The van der Waals surface area contributed by atoms with Crippen molar-refractivity contribution >= 4 is 21.6 Å². The minimum Gasteiger partial charge on any atom is -0.484 e. The highest BCUT2D eigenvalue weighted by atomic mass is 32.2. The molecule has 1 N–H and O–H groups in total. The van der Waals surface area contributed by atoms with E-state index in [-0.39, 0.29) is 29.3 Å². The lowest BCUT2D eigenvalue weighted by Gasteiger charge is -2.30. The quantitative estimate of drug-likeness (QED) is 0.537. The van der Waals surface area contributed by atoms with Crippen molar-refractivity contribution in [1.82, 2.24) is 5.32 Å². The van der Waals surface area contributed by atoms with Gasteiger partial charge in [0, 0.05) is 6.54 Å². The Morgan fingerprint density at radius 1 is 1.12 bits per heavy atom. The van der Waals surface area contributed by atoms with Gasteiger partial charge in [0.15, 0.2) is 6.61 Å². The van der Waals surface area contributed by atoms with Crippen molar-refractivity contribution in [2.75, 3.05) is 17.5 Å². The van der Waals surface area contributed by atoms with Crippen LogP contribution in [-0.4, -0.2) is 27.5 Å². The van der Waals surface area contributed by atoms with E-state index in [1.807, 2.05) is 24.3 Å². The molecule has 0 aliphatic carbocycles. The minimum absolute atomic E-state index is 0.184. The fraction of sp³-hybridized carbons (Fsp3) is 0.269. The van der Waals surface area contributed by atoms with Crippen LogP contribution in [0.15, 0.2) is 71.6 Å². The van der Waals surface area contributed by atoms with Crippen molar-refractivity contribution in [3.63, 3.8) is 0 Å². The van der Waals surface area contributed by atoms with Gasteiger partial charge in [-0.1, -0.05) is 30.3 Å². The number of rotatable bonds is 7. The van der Waals surface area contributed by atoms with Gasteiger partial charge in [0.1, 0.15) is 11.6 Å². The second-order valence-corrected chi connectivity index (χ2v) is 10.2. The molecule has 1 amide bonds. The molecule has 1 heterocycles. The van der Waals surface area contributed by atoms with E-state index in [4.69, 9.17) is 4.74 Å². The van der Waals surface area contributed by atoms with Gasteiger partial charge in [0.05, 0.1) is 16.6 Å². The molecular weight excluding hydrogens is 455 g/mol. The maximum atomic E-state index is 13.4. The van der Waals surface area contributed by atoms with Crippen LogP contribution in [-0.2, 0) is 21.2 Å². The number of ether oxygens (including phenoxy) is 1. The molecule has 1 atom stereocenters. The van der Waals surface area contributed by atoms with Crippen molar-refractivity contribution < 1.29 is 22.3 Å². The van der Waals surface area contributed by atoms with Gasteiger partial charge in [-0.2, -0.15) is 0 Å². The summed E-state index contributed by atoms with van der Waals surface area (Å²) in [5.74, 6) is -0.239. The molecule has 0 spiro atoms. The molecule has 0 fully saturated rings. The topological polar surface area (TPSA) is 75.7 Å². The molecule has 0 saturated heterocycles. The molecule has 0 saturated carbocycles. The highest BCUT2D eigenvalue weighted by Crippen LogP contribution is 2.33. The molecule has 1 aliphatic heterocycles. The maximum Gasteiger partial charge on any atom is 0.264 e. The third-order valence-corrected chi connectivity index (χ3v) is 7.72. The van der Waals surface area contributed by atoms with E-state index in [9.17, 15) is 17.6 Å². The molecule has 0 bridgehead atoms. The summed E-state index contributed by atoms with van der Waals surface area (Å²) in [5.41, 5.74) is 3.14. The van der Waals surface area contributed by atoms with Crippen molar-refractivity contribution in [1.29, 1.82) is 0 Å². The van der Waals surface area contributed by atoms with Gasteiger partial charge in [-0.25, -0.2) is 12.8 Å². The third kappa shape index (κ3) is 5.07. The molecule has 3 aromatic rings. The van der Waals surface area contributed by atoms with Gasteiger partial charge in [0.25, 0.3) is 15.9 Å². The van der Waals surface area contributed by atoms with Gasteiger partial charge in [-0.05, 0) is 79.8 Å². The van der Waals surface area contributed by atoms with Crippen LogP contribution in [0.3, 0.4) is 0 Å². The van der Waals surface area contributed by atoms with Crippen molar-refractivity contribution in [3.8, 4) is 5.75 Å². The molecule has 178 valence electrons. The lowest BCUT2D eigenvalue weighted by Crippen LogP contribution is -2.35. The Bertz CT molecular complexity index is 1290. The normalized spacial score (nSPS) is 14.3. The lowest BCUT2D eigenvalue weighted by atomic mass is 10.0. The molecule has 1 unspecified atom stereocenters. The third-order valence-electron chi connectivity index (χ3n) is 5.91. The SMILES string of the molecule is Cc1cc(S(=O)(=O)N2CCCc3ccccc32)ccc1OCC(=O)NC(C)c1ccc(F)cc1. The number of anilines is 1. The zero-order valence-electron chi connectivity index (χ0n) is 19.1. The summed E-state index contributed by atoms with van der Waals surface area (Å²) in [7, 11) is -3.72. The molecular formula is C26H27FN2O4S. The zero-order chi connectivity index (χ0) is 24.3. The molecule has 3 aromatic carbocycles. The largest absolute Gasteiger partial charge is 0.484 e. The molecule has 8 heteroatoms. The van der Waals surface area contributed by atoms with E-state index in [1.165, 1.54) is 22.5 Å². The summed E-state index contributed by atoms with van der Waals surface area (Å²) in [4.78, 5) is 12.5. The summed E-state index contributed by atoms with van der Waals surface area (Å²) < 4.78 is 46.9. The van der Waals surface area contributed by atoms with E-state index >= 15 is 0 Å². The number of para-hydroxylation sites is 1. The van der Waals surface area contributed by atoms with Crippen LogP contribution in [0.5, 0.6) is 5.75 Å². The number of nitrogens with zero attached hydrogens (tertiary/aromatic N) is 1. The first kappa shape index (κ1) is 23.8. The standard InChI is InChI=1S/C26H27FN2O4S/c1-18-16-23(34(31,32)29-15-5-7-21-6-3-4-8-24(21)29)13-14-25(18)33-17-26(30)28-19(2)20-9-11-22(27)12-10-20/h3-4,6,8-14,16,19H,5,7,15,17H2,1-2H3,(H,28,30). The van der Waals surface area contributed by atoms with Crippen LogP contribution in [0, 0.1) is 12.7 Å². The van der Waals surface area contributed by atoms with E-state index in [0.717, 1.165) is 29.7 Å². The molecule has 0 radical (unpaired) electrons. The average Bonchev–Trinajstić information content (AvgIpc) is 2.83. The lowest BCUT2D eigenvalue weighted by molar-refractivity contribution is -0.123. The number of benzene rings is 3. The van der Waals surface area contributed by atoms with Gasteiger partial charge in [0.2, 0.25) is 0 Å². The van der Waals surface area contributed by atoms with Crippen LogP contribution >= 0.6 is 0 Å². The van der Waals surface area contributed by atoms with Crippen molar-refractivity contribution in [2.45, 2.75) is 37.6 Å². The Hall–Kier alpha value is -3.39. The van der Waals surface area contributed by atoms with Gasteiger partial charge < -0.3 is 10.1 Å². The highest BCUT2D eigenvalue weighted by molar-refractivity contribution is 7.92. The molecule has 6 nitrogen and oxygen atoms in total. The summed E-state index contributed by atoms with van der Waals surface area (Å²) in [5, 5.41) is 2.80. The summed E-state index contributed by atoms with van der Waals surface area (Å²) in [6, 6.07) is 17.8. The number of hydrogen-bond acceptors (Lipinski definition) is 4. The highest BCUT2D eigenvalue weighted by Gasteiger charge is 2.29. The number of carbonyl (C=O) groups excluding carboxylic acids is 1. The Balaban J connectivity index is 1.42. The number of sulfonamides is 1. The number of hydrogen-bond donors (Lipinski definition) is 1. The van der Waals surface area contributed by atoms with E-state index in [0.29, 0.717) is 17.9 Å². The van der Waals surface area contributed by atoms with Gasteiger partial charge in [-0.15, -0.1) is 0 Å². The first-order chi connectivity index (χ1) is 16.3. The maximum absolute atomic E-state index is 13.4. The second-order valence-electron chi connectivity index (χ2n) is 8.37. The summed E-state index contributed by atoms with van der Waals surface area (Å²) >= 11 is 0. The van der Waals surface area contributed by atoms with Crippen LogP contribution in [0.4, 0.5) is 10.1 Å². The summed E-state index contributed by atoms with van der Waals surface area (Å²) in [6.07, 6.45) is 1.62. The Morgan fingerprint density at radius 3 is 2.59 bits per heavy atom. The number of amides is 1. The average molecular weight is 483 g/mol. The number of fused-ring (bicyclic) bond motifs is 1. The van der Waals surface area contributed by atoms with Crippen LogP contribution < -0.4 is 14.4 Å². The summed E-state index contributed by atoms with van der Waals surface area (Å²) in [6.45, 7) is 3.76. The second kappa shape index (κ2) is 9.85. The smallest absolute Gasteiger partial charge is 0.264 e. The Kier molecular flexibility index (Phi) is 6.88.